The number of benzene rings is 1. The second-order valence-corrected chi connectivity index (χ2v) is 6.42. The zero-order valence-electron chi connectivity index (χ0n) is 15.1. The number of aromatic nitrogens is 1. The Morgan fingerprint density at radius 2 is 2.04 bits per heavy atom. The Morgan fingerprint density at radius 1 is 1.26 bits per heavy atom. The van der Waals surface area contributed by atoms with Gasteiger partial charge >= 0.3 is 6.03 Å². The number of carbonyl (C=O) groups excluding carboxylic acids is 1. The predicted molar refractivity (Wildman–Crippen MR) is 101 cm³/mol. The zero-order valence-corrected chi connectivity index (χ0v) is 15.1. The third-order valence-electron chi connectivity index (χ3n) is 4.44. The highest BCUT2D eigenvalue weighted by Crippen LogP contribution is 2.16. The zero-order chi connectivity index (χ0) is 19.2. The van der Waals surface area contributed by atoms with E-state index in [0.29, 0.717) is 6.54 Å². The van der Waals surface area contributed by atoms with Gasteiger partial charge in [0.2, 0.25) is 0 Å². The fraction of sp³-hybridized carbons (Fsp3) is 0.316. The molecule has 1 saturated heterocycles. The van der Waals surface area contributed by atoms with E-state index in [1.165, 1.54) is 12.1 Å². The maximum absolute atomic E-state index is 13.1. The molecule has 2 N–H and O–H groups in total. The summed E-state index contributed by atoms with van der Waals surface area (Å²) in [4.78, 5) is 21.0. The number of nitrogens with one attached hydrogen (secondary N) is 2. The Morgan fingerprint density at radius 3 is 2.70 bits per heavy atom. The largest absolute Gasteiger partial charge is 0.354 e. The molecular formula is C19H21FN6O. The molecule has 7 nitrogen and oxygen atoms in total. The minimum atomic E-state index is -0.524. The van der Waals surface area contributed by atoms with Crippen molar-refractivity contribution in [3.8, 4) is 6.07 Å². The number of halogens is 1. The molecule has 140 valence electrons. The fourth-order valence-electron chi connectivity index (χ4n) is 2.81. The van der Waals surface area contributed by atoms with E-state index in [0.717, 1.165) is 43.6 Å². The summed E-state index contributed by atoms with van der Waals surface area (Å²) in [5, 5.41) is 14.3. The third kappa shape index (κ3) is 4.92. The summed E-state index contributed by atoms with van der Waals surface area (Å²) in [5.41, 5.74) is 1.20. The lowest BCUT2D eigenvalue weighted by molar-refractivity contribution is 0.251. The number of hydrogen-bond donors (Lipinski definition) is 2. The molecule has 0 unspecified atom stereocenters. The first-order chi connectivity index (χ1) is 13.0. The Bertz CT molecular complexity index is 840. The van der Waals surface area contributed by atoms with Crippen molar-refractivity contribution in [3.05, 3.63) is 53.5 Å². The van der Waals surface area contributed by atoms with Crippen LogP contribution in [0.25, 0.3) is 0 Å². The van der Waals surface area contributed by atoms with Gasteiger partial charge in [0.05, 0.1) is 11.3 Å². The number of piperazine rings is 1. The summed E-state index contributed by atoms with van der Waals surface area (Å²) in [5.74, 6) is 0.408. The van der Waals surface area contributed by atoms with E-state index in [1.54, 1.807) is 6.20 Å². The fourth-order valence-corrected chi connectivity index (χ4v) is 2.81. The van der Waals surface area contributed by atoms with Gasteiger partial charge in [-0.25, -0.2) is 14.2 Å². The second-order valence-electron chi connectivity index (χ2n) is 6.42. The van der Waals surface area contributed by atoms with Crippen molar-refractivity contribution in [2.45, 2.75) is 6.54 Å². The van der Waals surface area contributed by atoms with Crippen LogP contribution in [0, 0.1) is 17.1 Å². The number of pyridine rings is 1. The van der Waals surface area contributed by atoms with E-state index in [4.69, 9.17) is 5.26 Å². The molecule has 1 aromatic carbocycles. The van der Waals surface area contributed by atoms with Gasteiger partial charge < -0.3 is 20.4 Å². The van der Waals surface area contributed by atoms with Crippen LogP contribution in [0.4, 0.5) is 20.7 Å². The van der Waals surface area contributed by atoms with Crippen LogP contribution in [0.1, 0.15) is 11.1 Å². The molecule has 0 bridgehead atoms. The van der Waals surface area contributed by atoms with E-state index in [9.17, 15) is 9.18 Å². The van der Waals surface area contributed by atoms with Crippen molar-refractivity contribution in [1.29, 1.82) is 5.26 Å². The first-order valence-corrected chi connectivity index (χ1v) is 8.68. The molecule has 0 aliphatic carbocycles. The maximum Gasteiger partial charge on any atom is 0.319 e. The molecule has 27 heavy (non-hydrogen) atoms. The molecule has 3 rings (SSSR count). The number of carbonyl (C=O) groups is 1. The number of likely N-dealkylation sites (N-methyl/N-ethyl adjacent to an activating group) is 1. The minimum absolute atomic E-state index is 0.0725. The summed E-state index contributed by atoms with van der Waals surface area (Å²) in [6.45, 7) is 4.22. The monoisotopic (exact) mass is 368 g/mol. The average Bonchev–Trinajstić information content (AvgIpc) is 2.69. The number of urea groups is 1. The lowest BCUT2D eigenvalue weighted by Gasteiger charge is -2.33. The van der Waals surface area contributed by atoms with Crippen LogP contribution in [-0.2, 0) is 6.54 Å². The van der Waals surface area contributed by atoms with Crippen molar-refractivity contribution >= 4 is 17.5 Å². The number of amides is 2. The highest BCUT2D eigenvalue weighted by Gasteiger charge is 2.15. The van der Waals surface area contributed by atoms with Crippen molar-refractivity contribution in [2.75, 3.05) is 43.4 Å². The molecule has 0 atom stereocenters. The van der Waals surface area contributed by atoms with Gasteiger partial charge in [-0.1, -0.05) is 6.07 Å². The van der Waals surface area contributed by atoms with Crippen LogP contribution in [0.15, 0.2) is 36.5 Å². The predicted octanol–water partition coefficient (Wildman–Crippen LogP) is 2.17. The quantitative estimate of drug-likeness (QED) is 0.864. The van der Waals surface area contributed by atoms with Crippen molar-refractivity contribution < 1.29 is 9.18 Å². The SMILES string of the molecule is CN1CCN(c2ccc(CNC(=O)Nc3ccc(F)cc3C#N)cn2)CC1. The molecule has 2 aromatic rings. The summed E-state index contributed by atoms with van der Waals surface area (Å²) in [6.07, 6.45) is 1.74. The Labute approximate surface area is 157 Å². The van der Waals surface area contributed by atoms with E-state index in [-0.39, 0.29) is 11.3 Å². The molecule has 0 spiro atoms. The van der Waals surface area contributed by atoms with E-state index in [2.05, 4.69) is 32.5 Å². The van der Waals surface area contributed by atoms with Crippen molar-refractivity contribution in [2.24, 2.45) is 0 Å². The molecule has 1 aromatic heterocycles. The van der Waals surface area contributed by atoms with Crippen LogP contribution in [0.5, 0.6) is 0 Å². The second kappa shape index (κ2) is 8.47. The summed E-state index contributed by atoms with van der Waals surface area (Å²) in [7, 11) is 2.11. The van der Waals surface area contributed by atoms with Gasteiger partial charge in [-0.2, -0.15) is 5.26 Å². The van der Waals surface area contributed by atoms with Crippen molar-refractivity contribution in [3.63, 3.8) is 0 Å². The highest BCUT2D eigenvalue weighted by molar-refractivity contribution is 5.90. The Hall–Kier alpha value is -3.18. The van der Waals surface area contributed by atoms with Gasteiger partial charge in [0.15, 0.2) is 0 Å². The number of nitrogens with zero attached hydrogens (tertiary/aromatic N) is 4. The summed E-state index contributed by atoms with van der Waals surface area (Å²) < 4.78 is 13.1. The molecule has 0 saturated carbocycles. The average molecular weight is 368 g/mol. The van der Waals surface area contributed by atoms with Gasteiger partial charge in [-0.05, 0) is 36.9 Å². The summed E-state index contributed by atoms with van der Waals surface area (Å²) >= 11 is 0. The van der Waals surface area contributed by atoms with E-state index < -0.39 is 11.8 Å². The molecule has 1 aliphatic heterocycles. The van der Waals surface area contributed by atoms with Gasteiger partial charge in [-0.3, -0.25) is 0 Å². The maximum atomic E-state index is 13.1. The molecule has 1 fully saturated rings. The molecular weight excluding hydrogens is 347 g/mol. The highest BCUT2D eigenvalue weighted by atomic mass is 19.1. The van der Waals surface area contributed by atoms with E-state index >= 15 is 0 Å². The van der Waals surface area contributed by atoms with Crippen LogP contribution >= 0.6 is 0 Å². The molecule has 8 heteroatoms. The van der Waals surface area contributed by atoms with Gasteiger partial charge in [-0.15, -0.1) is 0 Å². The number of rotatable bonds is 4. The minimum Gasteiger partial charge on any atom is -0.354 e. The first kappa shape index (κ1) is 18.6. The molecule has 1 aliphatic rings. The smallest absolute Gasteiger partial charge is 0.319 e. The van der Waals surface area contributed by atoms with Crippen LogP contribution in [-0.4, -0.2) is 49.1 Å². The number of anilines is 2. The standard InChI is InChI=1S/C19H21FN6O/c1-25-6-8-26(9-7-25)18-5-2-14(12-22-18)13-23-19(27)24-17-4-3-16(20)10-15(17)11-21/h2-5,10,12H,6-9,13H2,1H3,(H2,23,24,27). The number of nitriles is 1. The van der Waals surface area contributed by atoms with Crippen LogP contribution in [0.3, 0.4) is 0 Å². The van der Waals surface area contributed by atoms with Gasteiger partial charge in [0.25, 0.3) is 0 Å². The van der Waals surface area contributed by atoms with Crippen LogP contribution in [0.2, 0.25) is 0 Å². The molecule has 2 amide bonds. The number of hydrogen-bond acceptors (Lipinski definition) is 5. The third-order valence-corrected chi connectivity index (χ3v) is 4.44. The van der Waals surface area contributed by atoms with Gasteiger partial charge in [0, 0.05) is 38.9 Å². The van der Waals surface area contributed by atoms with Gasteiger partial charge in [0.1, 0.15) is 17.7 Å². The first-order valence-electron chi connectivity index (χ1n) is 8.68. The normalized spacial score (nSPS) is 14.5. The van der Waals surface area contributed by atoms with Crippen LogP contribution < -0.4 is 15.5 Å². The Kier molecular flexibility index (Phi) is 5.84. The lowest BCUT2D eigenvalue weighted by atomic mass is 10.2. The topological polar surface area (TPSA) is 84.3 Å². The van der Waals surface area contributed by atoms with Crippen molar-refractivity contribution in [1.82, 2.24) is 15.2 Å². The lowest BCUT2D eigenvalue weighted by Crippen LogP contribution is -2.44. The summed E-state index contributed by atoms with van der Waals surface area (Å²) in [6, 6.07) is 8.90. The molecule has 0 radical (unpaired) electrons. The molecule has 2 heterocycles. The van der Waals surface area contributed by atoms with E-state index in [1.807, 2.05) is 18.2 Å². The Balaban J connectivity index is 1.53.